The van der Waals surface area contributed by atoms with Crippen molar-refractivity contribution < 1.29 is 9.84 Å². The molecular formula is C13H9O2. The molecule has 0 atom stereocenters. The van der Waals surface area contributed by atoms with Gasteiger partial charge in [-0.15, -0.1) is 0 Å². The van der Waals surface area contributed by atoms with E-state index in [1.807, 2.05) is 24.3 Å². The van der Waals surface area contributed by atoms with Crippen molar-refractivity contribution >= 4 is 0 Å². The molecule has 2 aromatic rings. The number of phenols is 1. The van der Waals surface area contributed by atoms with Crippen molar-refractivity contribution in [1.82, 2.24) is 0 Å². The second kappa shape index (κ2) is 3.02. The zero-order valence-corrected chi connectivity index (χ0v) is 8.03. The highest BCUT2D eigenvalue weighted by molar-refractivity contribution is 5.50. The zero-order chi connectivity index (χ0) is 10.3. The largest absolute Gasteiger partial charge is 0.507 e. The molecule has 2 heteroatoms. The fraction of sp³-hybridized carbons (Fsp3) is 0.0769. The SMILES string of the molecule is Oc1[c]c2c(cc1)Oc1ccccc1C2. The number of fused-ring (bicyclic) bond motifs is 2. The van der Waals surface area contributed by atoms with E-state index in [4.69, 9.17) is 4.74 Å². The first kappa shape index (κ1) is 8.36. The molecule has 0 aliphatic carbocycles. The van der Waals surface area contributed by atoms with Crippen molar-refractivity contribution in [3.05, 3.63) is 53.6 Å². The van der Waals surface area contributed by atoms with Crippen LogP contribution in [-0.4, -0.2) is 5.11 Å². The average Bonchev–Trinajstić information content (AvgIpc) is 2.26. The molecule has 2 aromatic carbocycles. The summed E-state index contributed by atoms with van der Waals surface area (Å²) in [6, 6.07) is 14.2. The number of aromatic hydroxyl groups is 1. The molecule has 0 aromatic heterocycles. The lowest BCUT2D eigenvalue weighted by Gasteiger charge is -2.19. The second-order valence-corrected chi connectivity index (χ2v) is 3.57. The second-order valence-electron chi connectivity index (χ2n) is 3.57. The molecule has 1 heterocycles. The highest BCUT2D eigenvalue weighted by Gasteiger charge is 2.16. The average molecular weight is 197 g/mol. The summed E-state index contributed by atoms with van der Waals surface area (Å²) in [5.41, 5.74) is 2.04. The molecule has 0 bridgehead atoms. The van der Waals surface area contributed by atoms with E-state index in [0.29, 0.717) is 0 Å². The molecule has 2 nitrogen and oxygen atoms in total. The molecule has 1 aliphatic rings. The van der Waals surface area contributed by atoms with Crippen molar-refractivity contribution in [1.29, 1.82) is 0 Å². The Morgan fingerprint density at radius 3 is 2.87 bits per heavy atom. The Kier molecular flexibility index (Phi) is 1.68. The molecule has 0 spiro atoms. The molecule has 1 N–H and O–H groups in total. The minimum atomic E-state index is 0.164. The van der Waals surface area contributed by atoms with Crippen molar-refractivity contribution in [3.8, 4) is 17.2 Å². The van der Waals surface area contributed by atoms with Gasteiger partial charge in [-0.05, 0) is 23.8 Å². The molecule has 73 valence electrons. The van der Waals surface area contributed by atoms with E-state index in [-0.39, 0.29) is 5.75 Å². The summed E-state index contributed by atoms with van der Waals surface area (Å²) in [6.07, 6.45) is 0.764. The highest BCUT2D eigenvalue weighted by atomic mass is 16.5. The minimum Gasteiger partial charge on any atom is -0.507 e. The summed E-state index contributed by atoms with van der Waals surface area (Å²) in [5.74, 6) is 1.84. The van der Waals surface area contributed by atoms with E-state index in [1.165, 1.54) is 0 Å². The summed E-state index contributed by atoms with van der Waals surface area (Å²) < 4.78 is 5.69. The molecule has 0 amide bonds. The predicted molar refractivity (Wildman–Crippen MR) is 56.3 cm³/mol. The Balaban J connectivity index is 2.11. The Labute approximate surface area is 87.8 Å². The van der Waals surface area contributed by atoms with Gasteiger partial charge in [0.2, 0.25) is 0 Å². The normalized spacial score (nSPS) is 12.5. The standard InChI is InChI=1S/C13H9O2/c14-11-5-6-13-10(8-11)7-9-3-1-2-4-12(9)15-13/h1-6,14H,7H2. The van der Waals surface area contributed by atoms with Crippen molar-refractivity contribution in [3.63, 3.8) is 0 Å². The Morgan fingerprint density at radius 1 is 1.07 bits per heavy atom. The van der Waals surface area contributed by atoms with Gasteiger partial charge in [-0.2, -0.15) is 0 Å². The van der Waals surface area contributed by atoms with Crippen LogP contribution in [-0.2, 0) is 6.42 Å². The first-order valence-electron chi connectivity index (χ1n) is 4.83. The predicted octanol–water partition coefficient (Wildman–Crippen LogP) is 2.89. The van der Waals surface area contributed by atoms with Gasteiger partial charge < -0.3 is 9.84 Å². The maximum absolute atomic E-state index is 9.33. The number of para-hydroxylation sites is 1. The first-order chi connectivity index (χ1) is 7.33. The van der Waals surface area contributed by atoms with E-state index >= 15 is 0 Å². The molecule has 0 unspecified atom stereocenters. The van der Waals surface area contributed by atoms with Crippen LogP contribution < -0.4 is 4.74 Å². The molecule has 1 radical (unpaired) electrons. The van der Waals surface area contributed by atoms with Gasteiger partial charge in [0.25, 0.3) is 0 Å². The maximum Gasteiger partial charge on any atom is 0.131 e. The van der Waals surface area contributed by atoms with Gasteiger partial charge in [0.1, 0.15) is 17.2 Å². The highest BCUT2D eigenvalue weighted by Crippen LogP contribution is 2.37. The fourth-order valence-corrected chi connectivity index (χ4v) is 1.80. The number of benzene rings is 2. The minimum absolute atomic E-state index is 0.164. The van der Waals surface area contributed by atoms with Crippen molar-refractivity contribution in [2.75, 3.05) is 0 Å². The van der Waals surface area contributed by atoms with Crippen LogP contribution in [0.4, 0.5) is 0 Å². The van der Waals surface area contributed by atoms with E-state index in [1.54, 1.807) is 12.1 Å². The summed E-state index contributed by atoms with van der Waals surface area (Å²) in [4.78, 5) is 0. The van der Waals surface area contributed by atoms with Crippen molar-refractivity contribution in [2.45, 2.75) is 6.42 Å². The zero-order valence-electron chi connectivity index (χ0n) is 8.03. The van der Waals surface area contributed by atoms with Crippen LogP contribution in [0.25, 0.3) is 0 Å². The van der Waals surface area contributed by atoms with Crippen molar-refractivity contribution in [2.24, 2.45) is 0 Å². The lowest BCUT2D eigenvalue weighted by molar-refractivity contribution is 0.448. The van der Waals surface area contributed by atoms with Gasteiger partial charge >= 0.3 is 0 Å². The molecule has 1 aliphatic heterocycles. The fourth-order valence-electron chi connectivity index (χ4n) is 1.80. The molecule has 0 saturated heterocycles. The summed E-state index contributed by atoms with van der Waals surface area (Å²) in [6.45, 7) is 0. The smallest absolute Gasteiger partial charge is 0.131 e. The number of hydrogen-bond donors (Lipinski definition) is 1. The van der Waals surface area contributed by atoms with Crippen LogP contribution in [0.1, 0.15) is 11.1 Å². The van der Waals surface area contributed by atoms with Gasteiger partial charge in [0.05, 0.1) is 0 Å². The lowest BCUT2D eigenvalue weighted by Crippen LogP contribution is -2.02. The van der Waals surface area contributed by atoms with Gasteiger partial charge in [-0.25, -0.2) is 0 Å². The van der Waals surface area contributed by atoms with Crippen LogP contribution in [0, 0.1) is 6.07 Å². The lowest BCUT2D eigenvalue weighted by atomic mass is 10.0. The summed E-state index contributed by atoms with van der Waals surface area (Å²) >= 11 is 0. The van der Waals surface area contributed by atoms with Gasteiger partial charge in [-0.1, -0.05) is 18.2 Å². The summed E-state index contributed by atoms with van der Waals surface area (Å²) in [5, 5.41) is 9.33. The molecule has 0 saturated carbocycles. The van der Waals surface area contributed by atoms with Gasteiger partial charge in [-0.3, -0.25) is 0 Å². The van der Waals surface area contributed by atoms with E-state index in [2.05, 4.69) is 6.07 Å². The monoisotopic (exact) mass is 197 g/mol. The van der Waals surface area contributed by atoms with Gasteiger partial charge in [0.15, 0.2) is 0 Å². The quantitative estimate of drug-likeness (QED) is 0.600. The molecular weight excluding hydrogens is 188 g/mol. The van der Waals surface area contributed by atoms with Crippen LogP contribution in [0.2, 0.25) is 0 Å². The third-order valence-electron chi connectivity index (χ3n) is 2.53. The third kappa shape index (κ3) is 1.34. The third-order valence-corrected chi connectivity index (χ3v) is 2.53. The van der Waals surface area contributed by atoms with Crippen LogP contribution >= 0.6 is 0 Å². The first-order valence-corrected chi connectivity index (χ1v) is 4.83. The summed E-state index contributed by atoms with van der Waals surface area (Å²) in [7, 11) is 0. The van der Waals surface area contributed by atoms with Crippen LogP contribution in [0.3, 0.4) is 0 Å². The molecule has 15 heavy (non-hydrogen) atoms. The number of ether oxygens (including phenoxy) is 1. The number of rotatable bonds is 0. The van der Waals surface area contributed by atoms with Crippen LogP contribution in [0.5, 0.6) is 17.2 Å². The maximum atomic E-state index is 9.33. The Hall–Kier alpha value is -1.96. The number of phenolic OH excluding ortho intramolecular Hbond substituents is 1. The van der Waals surface area contributed by atoms with E-state index < -0.39 is 0 Å². The van der Waals surface area contributed by atoms with E-state index in [9.17, 15) is 5.11 Å². The van der Waals surface area contributed by atoms with Crippen LogP contribution in [0.15, 0.2) is 36.4 Å². The molecule has 3 rings (SSSR count). The Morgan fingerprint density at radius 2 is 1.93 bits per heavy atom. The van der Waals surface area contributed by atoms with Gasteiger partial charge in [0, 0.05) is 18.1 Å². The number of hydrogen-bond acceptors (Lipinski definition) is 2. The molecule has 0 fully saturated rings. The topological polar surface area (TPSA) is 29.5 Å². The van der Waals surface area contributed by atoms with E-state index in [0.717, 1.165) is 29.0 Å². The Bertz CT molecular complexity index is 518.